The van der Waals surface area contributed by atoms with Gasteiger partial charge in [0.2, 0.25) is 0 Å². The van der Waals surface area contributed by atoms with Crippen molar-refractivity contribution in [2.45, 2.75) is 33.6 Å². The maximum Gasteiger partial charge on any atom is 0.253 e. The molecule has 1 aliphatic heterocycles. The number of allylic oxidation sites excluding steroid dienone is 3. The van der Waals surface area contributed by atoms with E-state index in [1.807, 2.05) is 13.0 Å². The van der Waals surface area contributed by atoms with Crippen LogP contribution in [0.15, 0.2) is 35.5 Å². The molecule has 0 saturated carbocycles. The van der Waals surface area contributed by atoms with Crippen LogP contribution in [-0.2, 0) is 9.59 Å². The monoisotopic (exact) mass is 233 g/mol. The van der Waals surface area contributed by atoms with Crippen molar-refractivity contribution < 1.29 is 9.59 Å². The average molecular weight is 233 g/mol. The standard InChI is InChI=1S/C14H19NO2/c1-11(2)5-4-6-12(3)9-10-15-13(16)7-8-14(15)17/h5,7-9H,4,6,10H2,1-3H3/b12-9-. The van der Waals surface area contributed by atoms with Crippen molar-refractivity contribution in [3.05, 3.63) is 35.5 Å². The Hall–Kier alpha value is -1.64. The van der Waals surface area contributed by atoms with E-state index in [4.69, 9.17) is 0 Å². The number of imide groups is 1. The van der Waals surface area contributed by atoms with Gasteiger partial charge in [-0.1, -0.05) is 23.3 Å². The topological polar surface area (TPSA) is 37.4 Å². The van der Waals surface area contributed by atoms with Crippen LogP contribution in [0, 0.1) is 0 Å². The molecule has 0 fully saturated rings. The maximum absolute atomic E-state index is 11.3. The minimum atomic E-state index is -0.219. The van der Waals surface area contributed by atoms with Crippen LogP contribution < -0.4 is 0 Å². The summed E-state index contributed by atoms with van der Waals surface area (Å²) >= 11 is 0. The van der Waals surface area contributed by atoms with E-state index >= 15 is 0 Å². The summed E-state index contributed by atoms with van der Waals surface area (Å²) in [6.07, 6.45) is 8.73. The lowest BCUT2D eigenvalue weighted by Gasteiger charge is -2.11. The van der Waals surface area contributed by atoms with Crippen molar-refractivity contribution in [3.8, 4) is 0 Å². The summed E-state index contributed by atoms with van der Waals surface area (Å²) in [5.41, 5.74) is 2.52. The molecule has 2 amide bonds. The van der Waals surface area contributed by atoms with E-state index in [1.165, 1.54) is 28.2 Å². The van der Waals surface area contributed by atoms with Crippen molar-refractivity contribution in [2.75, 3.05) is 6.54 Å². The van der Waals surface area contributed by atoms with E-state index < -0.39 is 0 Å². The Morgan fingerprint density at radius 2 is 1.71 bits per heavy atom. The second-order valence-corrected chi connectivity index (χ2v) is 4.49. The minimum Gasteiger partial charge on any atom is -0.272 e. The zero-order valence-electron chi connectivity index (χ0n) is 10.7. The lowest BCUT2D eigenvalue weighted by atomic mass is 10.1. The van der Waals surface area contributed by atoms with Gasteiger partial charge >= 0.3 is 0 Å². The van der Waals surface area contributed by atoms with Gasteiger partial charge in [-0.3, -0.25) is 14.5 Å². The number of rotatable bonds is 5. The molecule has 92 valence electrons. The fourth-order valence-electron chi connectivity index (χ4n) is 1.55. The zero-order valence-corrected chi connectivity index (χ0v) is 10.7. The van der Waals surface area contributed by atoms with Crippen LogP contribution in [0.3, 0.4) is 0 Å². The normalized spacial score (nSPS) is 15.7. The summed E-state index contributed by atoms with van der Waals surface area (Å²) in [5, 5.41) is 0. The van der Waals surface area contributed by atoms with Gasteiger partial charge < -0.3 is 0 Å². The first-order chi connectivity index (χ1) is 8.00. The van der Waals surface area contributed by atoms with Gasteiger partial charge in [-0.25, -0.2) is 0 Å². The first-order valence-corrected chi connectivity index (χ1v) is 5.83. The Kier molecular flexibility index (Phi) is 4.88. The van der Waals surface area contributed by atoms with Crippen molar-refractivity contribution in [3.63, 3.8) is 0 Å². The van der Waals surface area contributed by atoms with Gasteiger partial charge in [-0.2, -0.15) is 0 Å². The molecule has 0 unspecified atom stereocenters. The Labute approximate surface area is 102 Å². The van der Waals surface area contributed by atoms with Gasteiger partial charge in [-0.15, -0.1) is 0 Å². The van der Waals surface area contributed by atoms with Crippen molar-refractivity contribution in [1.82, 2.24) is 4.90 Å². The van der Waals surface area contributed by atoms with E-state index in [1.54, 1.807) is 0 Å². The zero-order chi connectivity index (χ0) is 12.8. The number of hydrogen-bond acceptors (Lipinski definition) is 2. The fraction of sp³-hybridized carbons (Fsp3) is 0.429. The van der Waals surface area contributed by atoms with E-state index in [0.29, 0.717) is 6.54 Å². The van der Waals surface area contributed by atoms with Crippen molar-refractivity contribution in [2.24, 2.45) is 0 Å². The highest BCUT2D eigenvalue weighted by atomic mass is 16.2. The highest BCUT2D eigenvalue weighted by Gasteiger charge is 2.21. The molecule has 0 N–H and O–H groups in total. The summed E-state index contributed by atoms with van der Waals surface area (Å²) in [6, 6.07) is 0. The molecule has 3 nitrogen and oxygen atoms in total. The molecule has 1 rings (SSSR count). The van der Waals surface area contributed by atoms with Crippen LogP contribution in [0.2, 0.25) is 0 Å². The van der Waals surface area contributed by atoms with E-state index in [0.717, 1.165) is 12.8 Å². The molecule has 1 heterocycles. The van der Waals surface area contributed by atoms with E-state index in [2.05, 4.69) is 19.9 Å². The molecule has 0 aliphatic carbocycles. The summed E-state index contributed by atoms with van der Waals surface area (Å²) in [5.74, 6) is -0.438. The lowest BCUT2D eigenvalue weighted by Crippen LogP contribution is -2.30. The number of carbonyl (C=O) groups is 2. The lowest BCUT2D eigenvalue weighted by molar-refractivity contribution is -0.136. The van der Waals surface area contributed by atoms with Gasteiger partial charge in [-0.05, 0) is 33.6 Å². The predicted molar refractivity (Wildman–Crippen MR) is 68.3 cm³/mol. The van der Waals surface area contributed by atoms with Crippen LogP contribution in [-0.4, -0.2) is 23.3 Å². The predicted octanol–water partition coefficient (Wildman–Crippen LogP) is 2.60. The van der Waals surface area contributed by atoms with E-state index in [-0.39, 0.29) is 11.8 Å². The highest BCUT2D eigenvalue weighted by Crippen LogP contribution is 2.09. The molecule has 0 aromatic rings. The average Bonchev–Trinajstić information content (AvgIpc) is 2.55. The number of hydrogen-bond donors (Lipinski definition) is 0. The summed E-state index contributed by atoms with van der Waals surface area (Å²) in [4.78, 5) is 23.8. The third-order valence-corrected chi connectivity index (χ3v) is 2.61. The largest absolute Gasteiger partial charge is 0.272 e. The molecule has 17 heavy (non-hydrogen) atoms. The SMILES string of the molecule is CC(C)=CCC/C(C)=C\CN1C(=O)C=CC1=O. The minimum absolute atomic E-state index is 0.219. The Morgan fingerprint density at radius 1 is 1.12 bits per heavy atom. The Morgan fingerprint density at radius 3 is 2.24 bits per heavy atom. The van der Waals surface area contributed by atoms with Crippen LogP contribution in [0.4, 0.5) is 0 Å². The molecule has 0 radical (unpaired) electrons. The van der Waals surface area contributed by atoms with Crippen molar-refractivity contribution in [1.29, 1.82) is 0 Å². The quantitative estimate of drug-likeness (QED) is 0.540. The Balaban J connectivity index is 2.40. The molecule has 0 aromatic carbocycles. The molecular weight excluding hydrogens is 214 g/mol. The second kappa shape index (κ2) is 6.18. The second-order valence-electron chi connectivity index (χ2n) is 4.49. The molecule has 0 aromatic heterocycles. The first-order valence-electron chi connectivity index (χ1n) is 5.83. The highest BCUT2D eigenvalue weighted by molar-refractivity contribution is 6.12. The van der Waals surface area contributed by atoms with Gasteiger partial charge in [0, 0.05) is 18.7 Å². The number of nitrogens with zero attached hydrogens (tertiary/aromatic N) is 1. The fourth-order valence-corrected chi connectivity index (χ4v) is 1.55. The van der Waals surface area contributed by atoms with E-state index in [9.17, 15) is 9.59 Å². The smallest absolute Gasteiger partial charge is 0.253 e. The molecule has 1 aliphatic rings. The van der Waals surface area contributed by atoms with Gasteiger partial charge in [0.25, 0.3) is 11.8 Å². The first kappa shape index (κ1) is 13.4. The van der Waals surface area contributed by atoms with Crippen LogP contribution in [0.1, 0.15) is 33.6 Å². The summed E-state index contributed by atoms with van der Waals surface area (Å²) in [6.45, 7) is 6.56. The van der Waals surface area contributed by atoms with Gasteiger partial charge in [0.05, 0.1) is 0 Å². The third-order valence-electron chi connectivity index (χ3n) is 2.61. The van der Waals surface area contributed by atoms with Gasteiger partial charge in [0.1, 0.15) is 0 Å². The molecule has 0 spiro atoms. The molecule has 3 heteroatoms. The number of carbonyl (C=O) groups excluding carboxylic acids is 2. The maximum atomic E-state index is 11.3. The summed E-state index contributed by atoms with van der Waals surface area (Å²) in [7, 11) is 0. The van der Waals surface area contributed by atoms with Crippen LogP contribution in [0.25, 0.3) is 0 Å². The third kappa shape index (κ3) is 4.39. The molecular formula is C14H19NO2. The van der Waals surface area contributed by atoms with Crippen LogP contribution in [0.5, 0.6) is 0 Å². The molecule has 0 bridgehead atoms. The van der Waals surface area contributed by atoms with Crippen LogP contribution >= 0.6 is 0 Å². The number of amides is 2. The Bertz CT molecular complexity index is 380. The molecule has 0 atom stereocenters. The van der Waals surface area contributed by atoms with Crippen molar-refractivity contribution >= 4 is 11.8 Å². The summed E-state index contributed by atoms with van der Waals surface area (Å²) < 4.78 is 0. The molecule has 0 saturated heterocycles. The van der Waals surface area contributed by atoms with Gasteiger partial charge in [0.15, 0.2) is 0 Å².